The van der Waals surface area contributed by atoms with E-state index in [-0.39, 0.29) is 17.8 Å². The smallest absolute Gasteiger partial charge is 0.247 e. The largest absolute Gasteiger partial charge is 0.469 e. The lowest BCUT2D eigenvalue weighted by Gasteiger charge is -2.37. The van der Waals surface area contributed by atoms with Crippen molar-refractivity contribution in [1.82, 2.24) is 34.2 Å². The number of amides is 1. The number of fused-ring (bicyclic) bond motifs is 2. The maximum absolute atomic E-state index is 11.8. The first-order valence-corrected chi connectivity index (χ1v) is 11.7. The van der Waals surface area contributed by atoms with Crippen molar-refractivity contribution in [1.29, 1.82) is 0 Å². The van der Waals surface area contributed by atoms with E-state index in [1.165, 1.54) is 12.4 Å². The fraction of sp³-hybridized carbons (Fsp3) is 0.192. The lowest BCUT2D eigenvalue weighted by molar-refractivity contribution is -0.134. The molecular weight excluding hydrogens is 472 g/mol. The van der Waals surface area contributed by atoms with Gasteiger partial charge in [0, 0.05) is 13.1 Å². The van der Waals surface area contributed by atoms with E-state index in [1.807, 2.05) is 54.9 Å². The molecule has 1 amide bonds. The number of rotatable bonds is 6. The second-order valence-corrected chi connectivity index (χ2v) is 8.92. The van der Waals surface area contributed by atoms with Crippen molar-refractivity contribution >= 4 is 33.8 Å². The summed E-state index contributed by atoms with van der Waals surface area (Å²) in [7, 11) is 1.96. The van der Waals surface area contributed by atoms with E-state index >= 15 is 0 Å². The maximum atomic E-state index is 11.8. The first-order chi connectivity index (χ1) is 17.9. The van der Waals surface area contributed by atoms with Gasteiger partial charge in [-0.1, -0.05) is 6.58 Å². The van der Waals surface area contributed by atoms with Crippen molar-refractivity contribution in [3.8, 4) is 23.1 Å². The summed E-state index contributed by atoms with van der Waals surface area (Å²) in [6.07, 6.45) is 4.26. The summed E-state index contributed by atoms with van der Waals surface area (Å²) in [5.41, 5.74) is 10.3. The van der Waals surface area contributed by atoms with E-state index in [1.54, 1.807) is 15.9 Å². The van der Waals surface area contributed by atoms with Gasteiger partial charge in [-0.05, 0) is 48.9 Å². The zero-order valence-corrected chi connectivity index (χ0v) is 20.3. The van der Waals surface area contributed by atoms with Gasteiger partial charge >= 0.3 is 0 Å². The molecule has 11 heteroatoms. The van der Waals surface area contributed by atoms with Gasteiger partial charge in [0.05, 0.1) is 36.1 Å². The van der Waals surface area contributed by atoms with E-state index in [9.17, 15) is 4.79 Å². The number of carbonyl (C=O) groups is 1. The van der Waals surface area contributed by atoms with Gasteiger partial charge in [-0.3, -0.25) is 4.79 Å². The number of nitrogens with zero attached hydrogens (tertiary/aromatic N) is 7. The standard InChI is InChI=1S/C26H24N8O3/c1-4-22(35)33-11-18(12-33)37-26-23-24(27)28-13-29-25(23)34(31-26)16-5-8-21(15(2)9-16)36-17-6-7-20-19(10-17)30-14-32(20)3/h4-10,13-14,18H,1,11-12H2,2-3H3,(H2,27,28,29). The Morgan fingerprint density at radius 3 is 2.78 bits per heavy atom. The molecule has 1 saturated heterocycles. The second kappa shape index (κ2) is 8.63. The minimum atomic E-state index is -0.205. The molecule has 6 rings (SSSR count). The van der Waals surface area contributed by atoms with E-state index in [0.29, 0.717) is 41.5 Å². The second-order valence-electron chi connectivity index (χ2n) is 8.92. The van der Waals surface area contributed by atoms with Crippen LogP contribution in [0.5, 0.6) is 17.4 Å². The molecule has 1 fully saturated rings. The molecule has 2 N–H and O–H groups in total. The number of nitrogen functional groups attached to an aromatic ring is 1. The number of aryl methyl sites for hydroxylation is 2. The normalized spacial score (nSPS) is 13.6. The molecule has 0 atom stereocenters. The van der Waals surface area contributed by atoms with Crippen LogP contribution < -0.4 is 15.2 Å². The Kier molecular flexibility index (Phi) is 5.25. The van der Waals surface area contributed by atoms with Crippen LogP contribution in [0, 0.1) is 6.92 Å². The lowest BCUT2D eigenvalue weighted by Crippen LogP contribution is -2.55. The molecule has 186 valence electrons. The zero-order chi connectivity index (χ0) is 25.7. The van der Waals surface area contributed by atoms with Crippen LogP contribution >= 0.6 is 0 Å². The summed E-state index contributed by atoms with van der Waals surface area (Å²) in [5.74, 6) is 1.88. The third kappa shape index (κ3) is 3.90. The molecule has 1 aliphatic rings. The number of ether oxygens (including phenoxy) is 2. The number of hydrogen-bond acceptors (Lipinski definition) is 8. The number of benzene rings is 2. The molecule has 0 saturated carbocycles. The number of nitrogens with two attached hydrogens (primary N) is 1. The number of hydrogen-bond donors (Lipinski definition) is 1. The zero-order valence-electron chi connectivity index (χ0n) is 20.3. The van der Waals surface area contributed by atoms with E-state index in [4.69, 9.17) is 15.2 Å². The highest BCUT2D eigenvalue weighted by atomic mass is 16.5. The number of anilines is 1. The predicted octanol–water partition coefficient (Wildman–Crippen LogP) is 3.16. The molecule has 0 aliphatic carbocycles. The molecular formula is C26H24N8O3. The number of imidazole rings is 1. The van der Waals surface area contributed by atoms with Gasteiger partial charge in [0.1, 0.15) is 35.1 Å². The summed E-state index contributed by atoms with van der Waals surface area (Å²) in [6, 6.07) is 11.6. The minimum absolute atomic E-state index is 0.129. The van der Waals surface area contributed by atoms with Crippen molar-refractivity contribution in [2.75, 3.05) is 18.8 Å². The average Bonchev–Trinajstić information content (AvgIpc) is 3.43. The van der Waals surface area contributed by atoms with E-state index < -0.39 is 0 Å². The third-order valence-electron chi connectivity index (χ3n) is 6.40. The monoisotopic (exact) mass is 496 g/mol. The van der Waals surface area contributed by atoms with Crippen LogP contribution in [0.2, 0.25) is 0 Å². The Hall–Kier alpha value is -4.93. The Morgan fingerprint density at radius 1 is 1.16 bits per heavy atom. The van der Waals surface area contributed by atoms with Crippen LogP contribution in [0.3, 0.4) is 0 Å². The topological polar surface area (TPSA) is 126 Å². The lowest BCUT2D eigenvalue weighted by atomic mass is 10.1. The molecule has 0 spiro atoms. The Bertz CT molecular complexity index is 1680. The molecule has 4 heterocycles. The predicted molar refractivity (Wildman–Crippen MR) is 138 cm³/mol. The molecule has 1 aliphatic heterocycles. The van der Waals surface area contributed by atoms with Gasteiger partial charge in [0.2, 0.25) is 11.8 Å². The first-order valence-electron chi connectivity index (χ1n) is 11.7. The first kappa shape index (κ1) is 22.5. The van der Waals surface area contributed by atoms with Gasteiger partial charge in [-0.2, -0.15) is 0 Å². The molecule has 3 aromatic heterocycles. The molecule has 2 aromatic carbocycles. The Morgan fingerprint density at radius 2 is 2.00 bits per heavy atom. The van der Waals surface area contributed by atoms with Crippen LogP contribution in [0.1, 0.15) is 5.56 Å². The third-order valence-corrected chi connectivity index (χ3v) is 6.40. The molecule has 0 unspecified atom stereocenters. The molecule has 37 heavy (non-hydrogen) atoms. The summed E-state index contributed by atoms with van der Waals surface area (Å²) >= 11 is 0. The molecule has 0 radical (unpaired) electrons. The van der Waals surface area contributed by atoms with Crippen molar-refractivity contribution < 1.29 is 14.3 Å². The minimum Gasteiger partial charge on any atom is -0.469 e. The van der Waals surface area contributed by atoms with Crippen LogP contribution in [-0.2, 0) is 11.8 Å². The highest BCUT2D eigenvalue weighted by Crippen LogP contribution is 2.33. The maximum Gasteiger partial charge on any atom is 0.247 e. The van der Waals surface area contributed by atoms with E-state index in [0.717, 1.165) is 22.3 Å². The average molecular weight is 497 g/mol. The van der Waals surface area contributed by atoms with Gasteiger partial charge in [-0.15, -0.1) is 5.10 Å². The quantitative estimate of drug-likeness (QED) is 0.355. The summed E-state index contributed by atoms with van der Waals surface area (Å²) in [5, 5.41) is 5.19. The SMILES string of the molecule is C=CC(=O)N1CC(Oc2nn(-c3ccc(Oc4ccc5c(c4)ncn5C)c(C)c3)c3ncnc(N)c23)C1. The Labute approximate surface area is 211 Å². The molecule has 5 aromatic rings. The summed E-state index contributed by atoms with van der Waals surface area (Å²) in [4.78, 5) is 26.3. The van der Waals surface area contributed by atoms with Crippen LogP contribution in [0.4, 0.5) is 5.82 Å². The number of likely N-dealkylation sites (tertiary alicyclic amines) is 1. The van der Waals surface area contributed by atoms with Crippen molar-refractivity contribution in [2.45, 2.75) is 13.0 Å². The summed E-state index contributed by atoms with van der Waals surface area (Å²) < 4.78 is 15.9. The molecule has 11 nitrogen and oxygen atoms in total. The number of carbonyl (C=O) groups excluding carboxylic acids is 1. The van der Waals surface area contributed by atoms with Crippen LogP contribution in [0.15, 0.2) is 61.7 Å². The Balaban J connectivity index is 1.29. The van der Waals surface area contributed by atoms with Crippen LogP contribution in [0.25, 0.3) is 27.8 Å². The van der Waals surface area contributed by atoms with Crippen molar-refractivity contribution in [2.24, 2.45) is 7.05 Å². The van der Waals surface area contributed by atoms with Crippen molar-refractivity contribution in [3.63, 3.8) is 0 Å². The summed E-state index contributed by atoms with van der Waals surface area (Å²) in [6.45, 7) is 6.37. The fourth-order valence-corrected chi connectivity index (χ4v) is 4.37. The van der Waals surface area contributed by atoms with Gasteiger partial charge in [0.25, 0.3) is 0 Å². The molecule has 0 bridgehead atoms. The fourth-order valence-electron chi connectivity index (χ4n) is 4.37. The van der Waals surface area contributed by atoms with Crippen molar-refractivity contribution in [3.05, 3.63) is 67.3 Å². The van der Waals surface area contributed by atoms with E-state index in [2.05, 4.69) is 26.6 Å². The van der Waals surface area contributed by atoms with Gasteiger partial charge in [0.15, 0.2) is 5.65 Å². The van der Waals surface area contributed by atoms with Gasteiger partial charge < -0.3 is 24.7 Å². The van der Waals surface area contributed by atoms with Crippen LogP contribution in [-0.4, -0.2) is 59.3 Å². The number of aromatic nitrogens is 6. The highest BCUT2D eigenvalue weighted by Gasteiger charge is 2.33. The van der Waals surface area contributed by atoms with Gasteiger partial charge in [-0.25, -0.2) is 19.6 Å². The highest BCUT2D eigenvalue weighted by molar-refractivity contribution is 5.91.